The third kappa shape index (κ3) is 4.19. The molecule has 242 valence electrons. The van der Waals surface area contributed by atoms with Crippen LogP contribution in [-0.2, 0) is 0 Å². The Balaban J connectivity index is 1.18. The largest absolute Gasteiger partial charge is 0.310 e. The Morgan fingerprint density at radius 2 is 1.02 bits per heavy atom. The van der Waals surface area contributed by atoms with Gasteiger partial charge in [0, 0.05) is 38.8 Å². The molecule has 1 heterocycles. The summed E-state index contributed by atoms with van der Waals surface area (Å²) in [5.41, 5.74) is 14.6. The van der Waals surface area contributed by atoms with E-state index < -0.39 is 0 Å². The SMILES string of the molecule is c1ccc(-c2ccccc2-n2c3ccccc3c3cc(N(c4ccccc4)c4cccc5c4-c4c6ccccc6cc6cccc-5c46)ccc32)cc1. The highest BCUT2D eigenvalue weighted by atomic mass is 15.1. The lowest BCUT2D eigenvalue weighted by Crippen LogP contribution is -2.11. The molecule has 0 radical (unpaired) electrons. The van der Waals surface area contributed by atoms with Gasteiger partial charge < -0.3 is 9.47 Å². The van der Waals surface area contributed by atoms with Crippen molar-refractivity contribution in [2.24, 2.45) is 0 Å². The molecule has 0 spiro atoms. The molecule has 0 saturated carbocycles. The molecule has 52 heavy (non-hydrogen) atoms. The monoisotopic (exact) mass is 660 g/mol. The van der Waals surface area contributed by atoms with Crippen LogP contribution in [0.5, 0.6) is 0 Å². The first kappa shape index (κ1) is 28.9. The van der Waals surface area contributed by atoms with Crippen molar-refractivity contribution in [1.29, 1.82) is 0 Å². The van der Waals surface area contributed by atoms with E-state index in [1.165, 1.54) is 88.1 Å². The smallest absolute Gasteiger partial charge is 0.0546 e. The van der Waals surface area contributed by atoms with Crippen molar-refractivity contribution in [1.82, 2.24) is 4.57 Å². The van der Waals surface area contributed by atoms with Crippen LogP contribution in [-0.4, -0.2) is 4.57 Å². The zero-order valence-corrected chi connectivity index (χ0v) is 28.4. The van der Waals surface area contributed by atoms with E-state index >= 15 is 0 Å². The molecule has 2 nitrogen and oxygen atoms in total. The van der Waals surface area contributed by atoms with Gasteiger partial charge in [-0.25, -0.2) is 0 Å². The minimum Gasteiger partial charge on any atom is -0.310 e. The molecule has 0 atom stereocenters. The Hall–Kier alpha value is -6.90. The minimum atomic E-state index is 1.12. The van der Waals surface area contributed by atoms with Crippen LogP contribution < -0.4 is 4.90 Å². The number of anilines is 3. The lowest BCUT2D eigenvalue weighted by Gasteiger charge is -2.28. The summed E-state index contributed by atoms with van der Waals surface area (Å²) in [6.07, 6.45) is 0. The van der Waals surface area contributed by atoms with E-state index in [9.17, 15) is 0 Å². The summed E-state index contributed by atoms with van der Waals surface area (Å²) < 4.78 is 2.44. The van der Waals surface area contributed by atoms with Crippen LogP contribution in [0.2, 0.25) is 0 Å². The summed E-state index contributed by atoms with van der Waals surface area (Å²) in [5, 5.41) is 7.63. The van der Waals surface area contributed by atoms with E-state index in [1.807, 2.05) is 0 Å². The topological polar surface area (TPSA) is 8.17 Å². The van der Waals surface area contributed by atoms with Gasteiger partial charge in [0.05, 0.1) is 22.4 Å². The summed E-state index contributed by atoms with van der Waals surface area (Å²) in [6, 6.07) is 70.9. The maximum atomic E-state index is 2.46. The van der Waals surface area contributed by atoms with Crippen LogP contribution in [0.3, 0.4) is 0 Å². The van der Waals surface area contributed by atoms with E-state index in [4.69, 9.17) is 0 Å². The van der Waals surface area contributed by atoms with Crippen molar-refractivity contribution >= 4 is 60.4 Å². The lowest BCUT2D eigenvalue weighted by atomic mass is 9.94. The van der Waals surface area contributed by atoms with Gasteiger partial charge in [-0.05, 0) is 92.8 Å². The standard InChI is InChI=1S/C50H32N2/c1-3-15-33(16-4-1)38-21-9-11-26-44(38)52-45-27-12-10-23-40(45)43-32-37(29-30-46(43)52)51(36-19-5-2-6-20-36)47-28-14-25-42-41-24-13-18-35-31-34-17-7-8-22-39(34)50(48(35)41)49(42)47/h1-32H. The summed E-state index contributed by atoms with van der Waals surface area (Å²) >= 11 is 0. The van der Waals surface area contributed by atoms with E-state index in [0.717, 1.165) is 11.4 Å². The maximum absolute atomic E-state index is 2.46. The highest BCUT2D eigenvalue weighted by molar-refractivity contribution is 6.26. The quantitative estimate of drug-likeness (QED) is 0.167. The average Bonchev–Trinajstić information content (AvgIpc) is 3.73. The van der Waals surface area contributed by atoms with Crippen molar-refractivity contribution in [2.75, 3.05) is 4.90 Å². The van der Waals surface area contributed by atoms with E-state index in [1.54, 1.807) is 0 Å². The van der Waals surface area contributed by atoms with E-state index in [0.29, 0.717) is 0 Å². The molecule has 0 bridgehead atoms. The normalized spacial score (nSPS) is 11.8. The molecule has 1 aromatic heterocycles. The average molecular weight is 661 g/mol. The number of nitrogens with zero attached hydrogens (tertiary/aromatic N) is 2. The minimum absolute atomic E-state index is 1.12. The van der Waals surface area contributed by atoms with Crippen molar-refractivity contribution in [3.8, 4) is 39.1 Å². The lowest BCUT2D eigenvalue weighted by molar-refractivity contribution is 1.18. The first-order chi connectivity index (χ1) is 25.8. The number of hydrogen-bond donors (Lipinski definition) is 0. The van der Waals surface area contributed by atoms with Crippen molar-refractivity contribution < 1.29 is 0 Å². The first-order valence-electron chi connectivity index (χ1n) is 17.9. The van der Waals surface area contributed by atoms with Crippen molar-refractivity contribution in [3.05, 3.63) is 194 Å². The second-order valence-electron chi connectivity index (χ2n) is 13.7. The molecule has 1 aliphatic rings. The fourth-order valence-corrected chi connectivity index (χ4v) is 8.71. The first-order valence-corrected chi connectivity index (χ1v) is 17.9. The van der Waals surface area contributed by atoms with Crippen LogP contribution >= 0.6 is 0 Å². The maximum Gasteiger partial charge on any atom is 0.0546 e. The number of fused-ring (bicyclic) bond motifs is 8. The Morgan fingerprint density at radius 1 is 0.365 bits per heavy atom. The summed E-state index contributed by atoms with van der Waals surface area (Å²) in [4.78, 5) is 2.46. The Morgan fingerprint density at radius 3 is 1.90 bits per heavy atom. The van der Waals surface area contributed by atoms with Crippen LogP contribution in [0.15, 0.2) is 194 Å². The Bertz CT molecular complexity index is 3010. The summed E-state index contributed by atoms with van der Waals surface area (Å²) in [5.74, 6) is 0. The second kappa shape index (κ2) is 11.3. The Labute approximate surface area is 302 Å². The number of para-hydroxylation sites is 3. The van der Waals surface area contributed by atoms with Gasteiger partial charge in [-0.1, -0.05) is 140 Å². The van der Waals surface area contributed by atoms with Gasteiger partial charge in [-0.15, -0.1) is 0 Å². The van der Waals surface area contributed by atoms with Gasteiger partial charge in [0.1, 0.15) is 0 Å². The van der Waals surface area contributed by atoms with E-state index in [-0.39, 0.29) is 0 Å². The van der Waals surface area contributed by atoms with Gasteiger partial charge in [-0.2, -0.15) is 0 Å². The highest BCUT2D eigenvalue weighted by Gasteiger charge is 2.29. The fourth-order valence-electron chi connectivity index (χ4n) is 8.71. The third-order valence-corrected chi connectivity index (χ3v) is 10.9. The summed E-state index contributed by atoms with van der Waals surface area (Å²) in [7, 11) is 0. The molecule has 2 heteroatoms. The van der Waals surface area contributed by atoms with Gasteiger partial charge >= 0.3 is 0 Å². The molecule has 0 N–H and O–H groups in total. The van der Waals surface area contributed by atoms with Crippen molar-refractivity contribution in [3.63, 3.8) is 0 Å². The van der Waals surface area contributed by atoms with Gasteiger partial charge in [-0.3, -0.25) is 0 Å². The van der Waals surface area contributed by atoms with Gasteiger partial charge in [0.25, 0.3) is 0 Å². The second-order valence-corrected chi connectivity index (χ2v) is 13.7. The number of benzene rings is 9. The molecule has 11 rings (SSSR count). The predicted molar refractivity (Wildman–Crippen MR) is 220 cm³/mol. The van der Waals surface area contributed by atoms with Crippen LogP contribution in [0.25, 0.3) is 82.4 Å². The molecule has 0 saturated heterocycles. The summed E-state index contributed by atoms with van der Waals surface area (Å²) in [6.45, 7) is 0. The molecule has 0 aliphatic heterocycles. The highest BCUT2D eigenvalue weighted by Crippen LogP contribution is 2.55. The van der Waals surface area contributed by atoms with Crippen LogP contribution in [0.4, 0.5) is 17.1 Å². The van der Waals surface area contributed by atoms with Gasteiger partial charge in [0.15, 0.2) is 0 Å². The third-order valence-electron chi connectivity index (χ3n) is 10.9. The molecule has 0 fully saturated rings. The zero-order chi connectivity index (χ0) is 34.2. The zero-order valence-electron chi connectivity index (χ0n) is 28.4. The van der Waals surface area contributed by atoms with E-state index in [2.05, 4.69) is 204 Å². The van der Waals surface area contributed by atoms with Crippen molar-refractivity contribution in [2.45, 2.75) is 0 Å². The number of hydrogen-bond acceptors (Lipinski definition) is 1. The molecule has 1 aliphatic carbocycles. The molecular formula is C50H32N2. The number of aromatic nitrogens is 1. The molecule has 0 unspecified atom stereocenters. The molecule has 9 aromatic carbocycles. The Kier molecular flexibility index (Phi) is 6.28. The predicted octanol–water partition coefficient (Wildman–Crippen LogP) is 13.9. The van der Waals surface area contributed by atoms with Crippen LogP contribution in [0, 0.1) is 0 Å². The number of rotatable bonds is 5. The molecule has 0 amide bonds. The molecule has 10 aromatic rings. The van der Waals surface area contributed by atoms with Crippen LogP contribution in [0.1, 0.15) is 0 Å². The van der Waals surface area contributed by atoms with Gasteiger partial charge in [0.2, 0.25) is 0 Å². The molecular weight excluding hydrogens is 629 g/mol. The fraction of sp³-hybridized carbons (Fsp3) is 0.